The molecule has 1 saturated carbocycles. The molecule has 0 saturated heterocycles. The van der Waals surface area contributed by atoms with Crippen LogP contribution in [0.4, 0.5) is 5.82 Å². The second-order valence-electron chi connectivity index (χ2n) is 6.16. The molecule has 0 spiro atoms. The van der Waals surface area contributed by atoms with E-state index < -0.39 is 0 Å². The fourth-order valence-corrected chi connectivity index (χ4v) is 3.87. The molecule has 3 aromatic heterocycles. The van der Waals surface area contributed by atoms with Gasteiger partial charge in [-0.2, -0.15) is 5.10 Å². The van der Waals surface area contributed by atoms with Gasteiger partial charge in [0.2, 0.25) is 0 Å². The minimum Gasteiger partial charge on any atom is -0.364 e. The zero-order valence-corrected chi connectivity index (χ0v) is 14.2. The van der Waals surface area contributed by atoms with Crippen molar-refractivity contribution in [2.24, 2.45) is 0 Å². The van der Waals surface area contributed by atoms with E-state index in [1.807, 2.05) is 12.4 Å². The molecule has 3 aromatic rings. The SMILES string of the molecule is Brc1cncc(CC2(Nc3ncnc4[nH]ncc34)CCCC2)c1. The van der Waals surface area contributed by atoms with Crippen LogP contribution in [0, 0.1) is 0 Å². The van der Waals surface area contributed by atoms with Gasteiger partial charge in [-0.25, -0.2) is 9.97 Å². The van der Waals surface area contributed by atoms with E-state index in [9.17, 15) is 0 Å². The molecule has 0 unspecified atom stereocenters. The van der Waals surface area contributed by atoms with E-state index in [0.717, 1.165) is 40.6 Å². The highest BCUT2D eigenvalue weighted by molar-refractivity contribution is 9.10. The molecule has 0 bridgehead atoms. The summed E-state index contributed by atoms with van der Waals surface area (Å²) in [5.41, 5.74) is 2.01. The maximum atomic E-state index is 4.44. The molecule has 0 aliphatic heterocycles. The zero-order chi connectivity index (χ0) is 15.7. The van der Waals surface area contributed by atoms with Crippen LogP contribution in [0.15, 0.2) is 35.5 Å². The van der Waals surface area contributed by atoms with Crippen LogP contribution >= 0.6 is 15.9 Å². The first-order valence-corrected chi connectivity index (χ1v) is 8.55. The molecule has 1 aliphatic rings. The Bertz CT molecular complexity index is 824. The highest BCUT2D eigenvalue weighted by Gasteiger charge is 2.35. The molecule has 3 heterocycles. The van der Waals surface area contributed by atoms with Gasteiger partial charge in [-0.1, -0.05) is 12.8 Å². The quantitative estimate of drug-likeness (QED) is 0.732. The van der Waals surface area contributed by atoms with Crippen LogP contribution < -0.4 is 5.32 Å². The van der Waals surface area contributed by atoms with Gasteiger partial charge >= 0.3 is 0 Å². The molecule has 118 valence electrons. The van der Waals surface area contributed by atoms with Gasteiger partial charge in [-0.15, -0.1) is 0 Å². The molecule has 0 radical (unpaired) electrons. The summed E-state index contributed by atoms with van der Waals surface area (Å²) in [4.78, 5) is 12.9. The summed E-state index contributed by atoms with van der Waals surface area (Å²) in [7, 11) is 0. The normalized spacial score (nSPS) is 16.7. The average molecular weight is 373 g/mol. The third kappa shape index (κ3) is 2.93. The van der Waals surface area contributed by atoms with Gasteiger partial charge < -0.3 is 5.32 Å². The number of aromatic nitrogens is 5. The topological polar surface area (TPSA) is 79.4 Å². The van der Waals surface area contributed by atoms with Crippen molar-refractivity contribution in [3.8, 4) is 0 Å². The molecule has 0 atom stereocenters. The number of anilines is 1. The molecule has 7 heteroatoms. The number of H-pyrrole nitrogens is 1. The number of nitrogens with zero attached hydrogens (tertiary/aromatic N) is 4. The summed E-state index contributed by atoms with van der Waals surface area (Å²) in [6.45, 7) is 0. The highest BCUT2D eigenvalue weighted by atomic mass is 79.9. The lowest BCUT2D eigenvalue weighted by molar-refractivity contribution is 0.476. The van der Waals surface area contributed by atoms with Crippen LogP contribution in [-0.4, -0.2) is 30.7 Å². The minimum absolute atomic E-state index is 0.0149. The van der Waals surface area contributed by atoms with E-state index in [1.165, 1.54) is 18.4 Å². The third-order valence-corrected chi connectivity index (χ3v) is 4.93. The van der Waals surface area contributed by atoms with E-state index in [1.54, 1.807) is 12.5 Å². The zero-order valence-electron chi connectivity index (χ0n) is 12.6. The van der Waals surface area contributed by atoms with Gasteiger partial charge in [0.05, 0.1) is 11.6 Å². The molecule has 6 nitrogen and oxygen atoms in total. The Balaban J connectivity index is 1.66. The van der Waals surface area contributed by atoms with Crippen LogP contribution in [0.25, 0.3) is 11.0 Å². The van der Waals surface area contributed by atoms with Gasteiger partial charge in [0.15, 0.2) is 5.65 Å². The summed E-state index contributed by atoms with van der Waals surface area (Å²) >= 11 is 3.51. The number of hydrogen-bond acceptors (Lipinski definition) is 5. The van der Waals surface area contributed by atoms with Crippen molar-refractivity contribution < 1.29 is 0 Å². The van der Waals surface area contributed by atoms with Crippen molar-refractivity contribution in [2.45, 2.75) is 37.6 Å². The van der Waals surface area contributed by atoms with E-state index in [-0.39, 0.29) is 5.54 Å². The number of nitrogens with one attached hydrogen (secondary N) is 2. The van der Waals surface area contributed by atoms with E-state index in [4.69, 9.17) is 0 Å². The van der Waals surface area contributed by atoms with Gasteiger partial charge in [0.25, 0.3) is 0 Å². The number of pyridine rings is 1. The molecular formula is C16H17BrN6. The maximum absolute atomic E-state index is 4.44. The van der Waals surface area contributed by atoms with Crippen molar-refractivity contribution in [1.29, 1.82) is 0 Å². The Hall–Kier alpha value is -2.02. The molecule has 1 fully saturated rings. The van der Waals surface area contributed by atoms with Crippen LogP contribution in [0.1, 0.15) is 31.2 Å². The first-order chi connectivity index (χ1) is 11.2. The molecule has 4 rings (SSSR count). The number of halogens is 1. The largest absolute Gasteiger partial charge is 0.364 e. The lowest BCUT2D eigenvalue weighted by atomic mass is 9.89. The second-order valence-corrected chi connectivity index (χ2v) is 7.07. The third-order valence-electron chi connectivity index (χ3n) is 4.50. The fourth-order valence-electron chi connectivity index (χ4n) is 3.46. The molecule has 2 N–H and O–H groups in total. The number of rotatable bonds is 4. The number of aromatic amines is 1. The van der Waals surface area contributed by atoms with Crippen molar-refractivity contribution in [3.05, 3.63) is 41.0 Å². The Kier molecular flexibility index (Phi) is 3.72. The lowest BCUT2D eigenvalue weighted by Gasteiger charge is -2.31. The summed E-state index contributed by atoms with van der Waals surface area (Å²) in [5.74, 6) is 0.855. The Morgan fingerprint density at radius 2 is 2.04 bits per heavy atom. The Morgan fingerprint density at radius 3 is 2.87 bits per heavy atom. The minimum atomic E-state index is 0.0149. The molecule has 0 aromatic carbocycles. The van der Waals surface area contributed by atoms with Gasteiger partial charge in [0, 0.05) is 22.4 Å². The molecule has 1 aliphatic carbocycles. The maximum Gasteiger partial charge on any atom is 0.160 e. The van der Waals surface area contributed by atoms with Crippen molar-refractivity contribution >= 4 is 32.8 Å². The van der Waals surface area contributed by atoms with E-state index in [2.05, 4.69) is 52.5 Å². The summed E-state index contributed by atoms with van der Waals surface area (Å²) in [5, 5.41) is 11.6. The van der Waals surface area contributed by atoms with Gasteiger partial charge in [0.1, 0.15) is 12.1 Å². The Labute approximate surface area is 142 Å². The Morgan fingerprint density at radius 1 is 1.17 bits per heavy atom. The van der Waals surface area contributed by atoms with Crippen LogP contribution in [0.2, 0.25) is 0 Å². The van der Waals surface area contributed by atoms with Crippen LogP contribution in [0.3, 0.4) is 0 Å². The van der Waals surface area contributed by atoms with E-state index >= 15 is 0 Å². The summed E-state index contributed by atoms with van der Waals surface area (Å²) in [6.07, 6.45) is 12.8. The van der Waals surface area contributed by atoms with Crippen molar-refractivity contribution in [1.82, 2.24) is 25.1 Å². The van der Waals surface area contributed by atoms with E-state index in [0.29, 0.717) is 0 Å². The second kappa shape index (κ2) is 5.88. The summed E-state index contributed by atoms with van der Waals surface area (Å²) in [6, 6.07) is 2.14. The monoisotopic (exact) mass is 372 g/mol. The van der Waals surface area contributed by atoms with Crippen LogP contribution in [-0.2, 0) is 6.42 Å². The van der Waals surface area contributed by atoms with Crippen LogP contribution in [0.5, 0.6) is 0 Å². The molecular weight excluding hydrogens is 356 g/mol. The van der Waals surface area contributed by atoms with Gasteiger partial charge in [-0.3, -0.25) is 10.1 Å². The average Bonchev–Trinajstić information content (AvgIpc) is 3.17. The number of hydrogen-bond donors (Lipinski definition) is 2. The van der Waals surface area contributed by atoms with Gasteiger partial charge in [-0.05, 0) is 46.8 Å². The first-order valence-electron chi connectivity index (χ1n) is 7.76. The summed E-state index contributed by atoms with van der Waals surface area (Å²) < 4.78 is 1.02. The smallest absolute Gasteiger partial charge is 0.160 e. The lowest BCUT2D eigenvalue weighted by Crippen LogP contribution is -2.38. The molecule has 23 heavy (non-hydrogen) atoms. The standard InChI is InChI=1S/C16H17BrN6/c17-12-5-11(7-18-8-12)6-16(3-1-2-4-16)22-14-13-9-21-23-15(13)20-10-19-14/h5,7-10H,1-4,6H2,(H2,19,20,21,22,23). The number of fused-ring (bicyclic) bond motifs is 1. The predicted molar refractivity (Wildman–Crippen MR) is 92.1 cm³/mol. The fraction of sp³-hybridized carbons (Fsp3) is 0.375. The first kappa shape index (κ1) is 14.6. The predicted octanol–water partition coefficient (Wildman–Crippen LogP) is 3.48. The van der Waals surface area contributed by atoms with Crippen molar-refractivity contribution in [3.63, 3.8) is 0 Å². The van der Waals surface area contributed by atoms with Crippen molar-refractivity contribution in [2.75, 3.05) is 5.32 Å². The highest BCUT2D eigenvalue weighted by Crippen LogP contribution is 2.37. The molecule has 0 amide bonds.